The maximum absolute atomic E-state index is 11.1. The average Bonchev–Trinajstić information content (AvgIpc) is 2.86. The molecule has 0 aliphatic carbocycles. The summed E-state index contributed by atoms with van der Waals surface area (Å²) in [5, 5.41) is 17.2. The summed E-state index contributed by atoms with van der Waals surface area (Å²) < 4.78 is 0.998. The van der Waals surface area contributed by atoms with Gasteiger partial charge in [0, 0.05) is 15.6 Å². The minimum atomic E-state index is -1.34. The second-order valence-corrected chi connectivity index (χ2v) is 8.26. The Morgan fingerprint density at radius 1 is 0.588 bits per heavy atom. The number of carbonyl (C=O) groups is 2. The molecule has 0 bridgehead atoms. The van der Waals surface area contributed by atoms with Crippen LogP contribution < -0.4 is 5.46 Å². The third kappa shape index (κ3) is 9.28. The van der Waals surface area contributed by atoms with Crippen molar-refractivity contribution in [1.82, 2.24) is 0 Å². The topological polar surface area (TPSA) is 74.6 Å². The first kappa shape index (κ1) is 26.9. The van der Waals surface area contributed by atoms with Crippen LogP contribution in [0, 0.1) is 0 Å². The molecule has 0 aliphatic rings. The van der Waals surface area contributed by atoms with Crippen molar-refractivity contribution in [3.63, 3.8) is 0 Å². The molecule has 0 amide bonds. The third-order valence-corrected chi connectivity index (χ3v) is 5.28. The zero-order valence-corrected chi connectivity index (χ0v) is 20.6. The number of rotatable bonds is 4. The fourth-order valence-corrected chi connectivity index (χ4v) is 3.10. The molecule has 0 fully saturated rings. The van der Waals surface area contributed by atoms with E-state index in [0.717, 1.165) is 21.2 Å². The van der Waals surface area contributed by atoms with Gasteiger partial charge in [0.2, 0.25) is 0 Å². The summed E-state index contributed by atoms with van der Waals surface area (Å²) in [4.78, 5) is 21.8. The van der Waals surface area contributed by atoms with Crippen LogP contribution in [0.4, 0.5) is 0 Å². The lowest BCUT2D eigenvalue weighted by molar-refractivity contribution is 0.100. The molecule has 0 saturated heterocycles. The summed E-state index contributed by atoms with van der Waals surface area (Å²) in [6, 6.07) is 33.8. The molecule has 0 heterocycles. The van der Waals surface area contributed by atoms with Crippen molar-refractivity contribution in [2.24, 2.45) is 0 Å². The summed E-state index contributed by atoms with van der Waals surface area (Å²) in [7, 11) is -1.34. The van der Waals surface area contributed by atoms with E-state index in [2.05, 4.69) is 28.1 Å². The molecule has 34 heavy (non-hydrogen) atoms. The SMILES string of the molecule is CC(=O)c1ccc(-c2ccccc2)cc1.CC(=O)c1ccc(Br)cc1.OB(O)c1ccccc1. The van der Waals surface area contributed by atoms with Crippen LogP contribution >= 0.6 is 15.9 Å². The highest BCUT2D eigenvalue weighted by atomic mass is 79.9. The largest absolute Gasteiger partial charge is 0.488 e. The normalized spacial score (nSPS) is 9.56. The van der Waals surface area contributed by atoms with E-state index in [1.165, 1.54) is 5.56 Å². The Bertz CT molecular complexity index is 1160. The van der Waals surface area contributed by atoms with E-state index in [1.54, 1.807) is 50.2 Å². The number of benzene rings is 4. The van der Waals surface area contributed by atoms with Crippen LogP contribution in [0.15, 0.2) is 114 Å². The molecule has 0 radical (unpaired) electrons. The summed E-state index contributed by atoms with van der Waals surface area (Å²) in [5.74, 6) is 0.210. The summed E-state index contributed by atoms with van der Waals surface area (Å²) in [6.45, 7) is 3.14. The number of halogens is 1. The molecule has 4 aromatic rings. The molecule has 0 aromatic heterocycles. The van der Waals surface area contributed by atoms with Gasteiger partial charge in [-0.2, -0.15) is 0 Å². The molecular weight excluding hydrogens is 491 g/mol. The average molecular weight is 517 g/mol. The van der Waals surface area contributed by atoms with Crippen LogP contribution in [0.5, 0.6) is 0 Å². The van der Waals surface area contributed by atoms with Crippen molar-refractivity contribution in [2.45, 2.75) is 13.8 Å². The quantitative estimate of drug-likeness (QED) is 0.274. The van der Waals surface area contributed by atoms with Gasteiger partial charge >= 0.3 is 7.12 Å². The molecule has 0 spiro atoms. The third-order valence-electron chi connectivity index (χ3n) is 4.75. The fraction of sp³-hybridized carbons (Fsp3) is 0.0714. The minimum Gasteiger partial charge on any atom is -0.423 e. The van der Waals surface area contributed by atoms with E-state index < -0.39 is 7.12 Å². The van der Waals surface area contributed by atoms with Gasteiger partial charge in [0.25, 0.3) is 0 Å². The lowest BCUT2D eigenvalue weighted by Gasteiger charge is -2.01. The Labute approximate surface area is 209 Å². The highest BCUT2D eigenvalue weighted by Gasteiger charge is 2.07. The second kappa shape index (κ2) is 14.1. The van der Waals surface area contributed by atoms with Crippen LogP contribution in [0.3, 0.4) is 0 Å². The first-order chi connectivity index (χ1) is 16.3. The predicted octanol–water partition coefficient (Wildman–Crippen LogP) is 5.57. The van der Waals surface area contributed by atoms with Crippen LogP contribution in [0.2, 0.25) is 0 Å². The standard InChI is InChI=1S/C14H12O.C8H7BrO.C6H7BO2/c1-11(15)12-7-9-14(10-8-12)13-5-3-2-4-6-13;1-6(10)7-2-4-8(9)5-3-7;8-7(9)6-4-2-1-3-5-6/h2-10H,1H3;2-5H,1H3;1-5,8-9H. The molecule has 4 aromatic carbocycles. The molecule has 0 saturated carbocycles. The second-order valence-electron chi connectivity index (χ2n) is 7.35. The van der Waals surface area contributed by atoms with E-state index in [-0.39, 0.29) is 11.6 Å². The molecule has 172 valence electrons. The number of ketones is 2. The monoisotopic (exact) mass is 516 g/mol. The first-order valence-corrected chi connectivity index (χ1v) is 11.4. The van der Waals surface area contributed by atoms with Gasteiger partial charge in [-0.1, -0.05) is 113 Å². The molecule has 0 aliphatic heterocycles. The van der Waals surface area contributed by atoms with Crippen molar-refractivity contribution in [1.29, 1.82) is 0 Å². The predicted molar refractivity (Wildman–Crippen MR) is 142 cm³/mol. The molecule has 4 rings (SSSR count). The van der Waals surface area contributed by atoms with Crippen LogP contribution in [-0.2, 0) is 0 Å². The van der Waals surface area contributed by atoms with Crippen LogP contribution in [0.1, 0.15) is 34.6 Å². The zero-order chi connectivity index (χ0) is 24.9. The number of hydrogen-bond donors (Lipinski definition) is 2. The summed E-state index contributed by atoms with van der Waals surface area (Å²) in [6.07, 6.45) is 0. The Hall–Kier alpha value is -3.32. The molecule has 4 nitrogen and oxygen atoms in total. The number of Topliss-reactive ketones (excluding diaryl/α,β-unsaturated/α-hetero) is 2. The maximum atomic E-state index is 11.1. The van der Waals surface area contributed by atoms with Crippen LogP contribution in [-0.4, -0.2) is 28.7 Å². The van der Waals surface area contributed by atoms with Gasteiger partial charge in [0.15, 0.2) is 11.6 Å². The zero-order valence-electron chi connectivity index (χ0n) is 19.1. The number of carbonyl (C=O) groups excluding carboxylic acids is 2. The summed E-state index contributed by atoms with van der Waals surface area (Å²) in [5.41, 5.74) is 4.35. The van der Waals surface area contributed by atoms with Gasteiger partial charge in [-0.05, 0) is 42.6 Å². The Morgan fingerprint density at radius 3 is 1.35 bits per heavy atom. The Morgan fingerprint density at radius 2 is 0.971 bits per heavy atom. The molecule has 0 atom stereocenters. The van der Waals surface area contributed by atoms with Crippen molar-refractivity contribution >= 4 is 40.1 Å². The van der Waals surface area contributed by atoms with Crippen molar-refractivity contribution in [2.75, 3.05) is 0 Å². The number of hydrogen-bond acceptors (Lipinski definition) is 4. The molecule has 0 unspecified atom stereocenters. The highest BCUT2D eigenvalue weighted by Crippen LogP contribution is 2.19. The highest BCUT2D eigenvalue weighted by molar-refractivity contribution is 9.10. The van der Waals surface area contributed by atoms with E-state index in [0.29, 0.717) is 5.46 Å². The molecule has 6 heteroatoms. The first-order valence-electron chi connectivity index (χ1n) is 10.6. The van der Waals surface area contributed by atoms with Crippen molar-refractivity contribution < 1.29 is 19.6 Å². The fourth-order valence-electron chi connectivity index (χ4n) is 2.84. The lowest BCUT2D eigenvalue weighted by atomic mass is 9.81. The smallest absolute Gasteiger partial charge is 0.423 e. The van der Waals surface area contributed by atoms with Gasteiger partial charge in [-0.3, -0.25) is 9.59 Å². The van der Waals surface area contributed by atoms with E-state index >= 15 is 0 Å². The molecular formula is C28H26BBrO4. The minimum absolute atomic E-state index is 0.104. The molecule has 2 N–H and O–H groups in total. The van der Waals surface area contributed by atoms with Gasteiger partial charge in [0.1, 0.15) is 0 Å². The van der Waals surface area contributed by atoms with E-state index in [1.807, 2.05) is 60.7 Å². The van der Waals surface area contributed by atoms with E-state index in [9.17, 15) is 9.59 Å². The Balaban J connectivity index is 0.000000189. The van der Waals surface area contributed by atoms with Crippen LogP contribution in [0.25, 0.3) is 11.1 Å². The van der Waals surface area contributed by atoms with Gasteiger partial charge in [-0.15, -0.1) is 0 Å². The Kier molecular flexibility index (Phi) is 11.1. The summed E-state index contributed by atoms with van der Waals surface area (Å²) >= 11 is 3.28. The van der Waals surface area contributed by atoms with Gasteiger partial charge < -0.3 is 10.0 Å². The van der Waals surface area contributed by atoms with E-state index in [4.69, 9.17) is 10.0 Å². The van der Waals surface area contributed by atoms with Crippen molar-refractivity contribution in [3.05, 3.63) is 125 Å². The maximum Gasteiger partial charge on any atom is 0.488 e. The van der Waals surface area contributed by atoms with Gasteiger partial charge in [-0.25, -0.2) is 0 Å². The lowest BCUT2D eigenvalue weighted by Crippen LogP contribution is -2.29. The van der Waals surface area contributed by atoms with Crippen molar-refractivity contribution in [3.8, 4) is 11.1 Å². The van der Waals surface area contributed by atoms with Gasteiger partial charge in [0.05, 0.1) is 0 Å².